The minimum absolute atomic E-state index is 0.0431. The van der Waals surface area contributed by atoms with E-state index in [0.29, 0.717) is 13.0 Å². The first-order valence-corrected chi connectivity index (χ1v) is 11.1. The molecule has 0 spiro atoms. The Morgan fingerprint density at radius 2 is 1.92 bits per heavy atom. The molecule has 2 heterocycles. The molecule has 1 aromatic heterocycles. The lowest BCUT2D eigenvalue weighted by Gasteiger charge is -2.21. The number of halogens is 6. The summed E-state index contributed by atoms with van der Waals surface area (Å²) in [7, 11) is 0. The highest BCUT2D eigenvalue weighted by Crippen LogP contribution is 2.39. The molecule has 1 fully saturated rings. The van der Waals surface area contributed by atoms with Gasteiger partial charge < -0.3 is 19.9 Å². The van der Waals surface area contributed by atoms with Crippen molar-refractivity contribution in [3.05, 3.63) is 71.1 Å². The number of ether oxygens (including phenoxy) is 1. The number of hydrogen-bond donors (Lipinski definition) is 2. The van der Waals surface area contributed by atoms with Crippen LogP contribution in [0, 0.1) is 5.41 Å². The zero-order valence-corrected chi connectivity index (χ0v) is 19.1. The number of nitrogens with two attached hydrogens (primary N) is 1. The topological polar surface area (TPSA) is 101 Å². The van der Waals surface area contributed by atoms with Crippen LogP contribution in [0.1, 0.15) is 41.5 Å². The van der Waals surface area contributed by atoms with Crippen molar-refractivity contribution in [3.63, 3.8) is 0 Å². The van der Waals surface area contributed by atoms with Crippen molar-refractivity contribution in [1.82, 2.24) is 15.0 Å². The van der Waals surface area contributed by atoms with E-state index in [1.807, 2.05) is 0 Å². The molecule has 1 atom stereocenters. The lowest BCUT2D eigenvalue weighted by Crippen LogP contribution is -2.35. The third-order valence-corrected chi connectivity index (χ3v) is 5.69. The summed E-state index contributed by atoms with van der Waals surface area (Å²) in [5.74, 6) is -0.541. The van der Waals surface area contributed by atoms with Gasteiger partial charge in [0.2, 0.25) is 11.7 Å². The summed E-state index contributed by atoms with van der Waals surface area (Å²) in [6, 6.07) is 7.37. The van der Waals surface area contributed by atoms with Gasteiger partial charge in [-0.15, -0.1) is 0 Å². The van der Waals surface area contributed by atoms with E-state index >= 15 is 0 Å². The Kier molecular flexibility index (Phi) is 7.14. The number of guanidine groups is 1. The van der Waals surface area contributed by atoms with Gasteiger partial charge in [-0.1, -0.05) is 23.4 Å². The molecule has 3 N–H and O–H groups in total. The summed E-state index contributed by atoms with van der Waals surface area (Å²) in [6.07, 6.45) is -5.28. The van der Waals surface area contributed by atoms with Gasteiger partial charge in [-0.3, -0.25) is 5.41 Å². The molecule has 13 heteroatoms. The van der Waals surface area contributed by atoms with Crippen LogP contribution < -0.4 is 10.5 Å². The molecule has 0 saturated carbocycles. The Balaban J connectivity index is 1.50. The monoisotopic (exact) mass is 525 g/mol. The Morgan fingerprint density at radius 3 is 2.62 bits per heavy atom. The first kappa shape index (κ1) is 26.0. The van der Waals surface area contributed by atoms with E-state index in [1.54, 1.807) is 4.90 Å². The maximum atomic E-state index is 13.8. The highest BCUT2D eigenvalue weighted by Gasteiger charge is 2.36. The highest BCUT2D eigenvalue weighted by molar-refractivity contribution is 5.75. The van der Waals surface area contributed by atoms with Crippen LogP contribution in [0.5, 0.6) is 5.75 Å². The number of rotatable bonds is 6. The van der Waals surface area contributed by atoms with Gasteiger partial charge in [0, 0.05) is 12.1 Å². The lowest BCUT2D eigenvalue weighted by atomic mass is 10.1. The van der Waals surface area contributed by atoms with Crippen LogP contribution >= 0.6 is 0 Å². The van der Waals surface area contributed by atoms with Gasteiger partial charge in [0.25, 0.3) is 0 Å². The van der Waals surface area contributed by atoms with Crippen molar-refractivity contribution in [2.24, 2.45) is 5.73 Å². The second-order valence-electron chi connectivity index (χ2n) is 8.24. The summed E-state index contributed by atoms with van der Waals surface area (Å²) < 4.78 is 90.3. The quantitative estimate of drug-likeness (QED) is 0.236. The molecule has 1 unspecified atom stereocenters. The van der Waals surface area contributed by atoms with Gasteiger partial charge in [-0.05, 0) is 54.8 Å². The minimum atomic E-state index is -4.76. The van der Waals surface area contributed by atoms with Crippen molar-refractivity contribution in [1.29, 1.82) is 5.41 Å². The van der Waals surface area contributed by atoms with Gasteiger partial charge in [0.1, 0.15) is 18.4 Å². The van der Waals surface area contributed by atoms with Crippen LogP contribution in [0.2, 0.25) is 0 Å². The van der Waals surface area contributed by atoms with Crippen LogP contribution in [-0.4, -0.2) is 34.2 Å². The summed E-state index contributed by atoms with van der Waals surface area (Å²) >= 11 is 0. The summed E-state index contributed by atoms with van der Waals surface area (Å²) in [4.78, 5) is 5.78. The predicted molar refractivity (Wildman–Crippen MR) is 121 cm³/mol. The lowest BCUT2D eigenvalue weighted by molar-refractivity contribution is -0.139. The summed E-state index contributed by atoms with van der Waals surface area (Å²) in [5, 5.41) is 11.4. The number of hydrogen-bond acceptors (Lipinski definition) is 5. The molecule has 0 amide bonds. The average molecular weight is 525 g/mol. The zero-order chi connectivity index (χ0) is 26.8. The number of nitrogens with zero attached hydrogens (tertiary/aromatic N) is 3. The number of aromatic nitrogens is 2. The molecule has 37 heavy (non-hydrogen) atoms. The fraction of sp³-hybridized carbons (Fsp3) is 0.292. The Labute approximate surface area is 207 Å². The first-order valence-electron chi connectivity index (χ1n) is 11.1. The van der Waals surface area contributed by atoms with Crippen LogP contribution in [-0.2, 0) is 12.4 Å². The number of alkyl halides is 6. The van der Waals surface area contributed by atoms with E-state index in [2.05, 4.69) is 10.1 Å². The van der Waals surface area contributed by atoms with E-state index in [4.69, 9.17) is 20.4 Å². The van der Waals surface area contributed by atoms with Crippen molar-refractivity contribution in [3.8, 4) is 17.1 Å². The molecule has 4 rings (SSSR count). The molecule has 3 aromatic rings. The van der Waals surface area contributed by atoms with Crippen molar-refractivity contribution >= 4 is 12.0 Å². The van der Waals surface area contributed by atoms with Gasteiger partial charge >= 0.3 is 12.4 Å². The average Bonchev–Trinajstić information content (AvgIpc) is 3.51. The van der Waals surface area contributed by atoms with E-state index in [1.165, 1.54) is 30.4 Å². The molecule has 1 aliphatic heterocycles. The molecule has 0 bridgehead atoms. The molecule has 1 aliphatic rings. The standard InChI is InChI=1S/C24H21F6N5O2/c25-23(26,27)16-6-1-4-14(12-16)5-3-11-36-19-9-8-15(13-17(19)24(28,29)30)20-33-21(37-34-20)18-7-2-10-35(18)22(31)32/h1,3-6,8-9,12-13,18H,2,7,10-11H2,(H3,31,32)/b5-3+. The highest BCUT2D eigenvalue weighted by atomic mass is 19.4. The van der Waals surface area contributed by atoms with Crippen molar-refractivity contribution < 1.29 is 35.6 Å². The molecule has 1 saturated heterocycles. The fourth-order valence-corrected chi connectivity index (χ4v) is 3.96. The molecule has 0 aliphatic carbocycles. The molecule has 2 aromatic carbocycles. The fourth-order valence-electron chi connectivity index (χ4n) is 3.96. The second kappa shape index (κ2) is 10.1. The number of benzene rings is 2. The van der Waals surface area contributed by atoms with Crippen molar-refractivity contribution in [2.75, 3.05) is 13.2 Å². The smallest absolute Gasteiger partial charge is 0.419 e. The minimum Gasteiger partial charge on any atom is -0.489 e. The molecular weight excluding hydrogens is 504 g/mol. The van der Waals surface area contributed by atoms with E-state index in [0.717, 1.165) is 30.7 Å². The van der Waals surface area contributed by atoms with E-state index in [9.17, 15) is 26.3 Å². The Hall–Kier alpha value is -4.03. The molecule has 7 nitrogen and oxygen atoms in total. The maximum absolute atomic E-state index is 13.8. The molecule has 196 valence electrons. The van der Waals surface area contributed by atoms with Gasteiger partial charge in [-0.2, -0.15) is 31.3 Å². The number of nitrogens with one attached hydrogen (secondary N) is 1. The zero-order valence-electron chi connectivity index (χ0n) is 19.1. The van der Waals surface area contributed by atoms with Crippen molar-refractivity contribution in [2.45, 2.75) is 31.2 Å². The largest absolute Gasteiger partial charge is 0.489 e. The first-order chi connectivity index (χ1) is 17.4. The third-order valence-electron chi connectivity index (χ3n) is 5.69. The SMILES string of the molecule is N=C(N)N1CCCC1c1nc(-c2ccc(OC/C=C/c3cccc(C(F)(F)F)c3)c(C(F)(F)F)c2)no1. The van der Waals surface area contributed by atoms with Crippen LogP contribution in [0.3, 0.4) is 0 Å². The Morgan fingerprint density at radius 1 is 1.14 bits per heavy atom. The van der Waals surface area contributed by atoms with E-state index in [-0.39, 0.29) is 35.4 Å². The van der Waals surface area contributed by atoms with Crippen LogP contribution in [0.4, 0.5) is 26.3 Å². The Bertz CT molecular complexity index is 1300. The number of likely N-dealkylation sites (tertiary alicyclic amines) is 1. The van der Waals surface area contributed by atoms with E-state index < -0.39 is 35.3 Å². The summed E-state index contributed by atoms with van der Waals surface area (Å²) in [6.45, 7) is 0.220. The van der Waals surface area contributed by atoms with Crippen LogP contribution in [0.25, 0.3) is 17.5 Å². The normalized spacial score (nSPS) is 16.5. The molecular formula is C24H21F6N5O2. The maximum Gasteiger partial charge on any atom is 0.419 e. The second-order valence-corrected chi connectivity index (χ2v) is 8.24. The predicted octanol–water partition coefficient (Wildman–Crippen LogP) is 5.90. The molecule has 0 radical (unpaired) electrons. The van der Waals surface area contributed by atoms with Gasteiger partial charge in [0.15, 0.2) is 5.96 Å². The summed E-state index contributed by atoms with van der Waals surface area (Å²) in [5.41, 5.74) is 3.92. The van der Waals surface area contributed by atoms with Gasteiger partial charge in [0.05, 0.1) is 11.1 Å². The van der Waals surface area contributed by atoms with Crippen LogP contribution in [0.15, 0.2) is 53.1 Å². The van der Waals surface area contributed by atoms with Gasteiger partial charge in [-0.25, -0.2) is 0 Å². The third kappa shape index (κ3) is 6.04.